The van der Waals surface area contributed by atoms with E-state index in [1.165, 1.54) is 18.2 Å². The van der Waals surface area contributed by atoms with E-state index < -0.39 is 6.04 Å². The van der Waals surface area contributed by atoms with Crippen LogP contribution >= 0.6 is 12.1 Å². The number of nitrogens with one attached hydrogen (secondary N) is 6. The van der Waals surface area contributed by atoms with E-state index in [9.17, 15) is 19.2 Å². The molecular weight excluding hydrogens is 693 g/mol. The number of rotatable bonds is 19. The number of hydrogen-bond acceptors (Lipinski definition) is 10. The molecule has 3 rings (SSSR count). The summed E-state index contributed by atoms with van der Waals surface area (Å²) >= 11 is 1.27. The zero-order valence-corrected chi connectivity index (χ0v) is 32.4. The molecule has 0 saturated carbocycles. The lowest BCUT2D eigenvalue weighted by Crippen LogP contribution is -2.50. The van der Waals surface area contributed by atoms with Crippen LogP contribution < -0.4 is 31.7 Å². The Morgan fingerprint density at radius 2 is 1.42 bits per heavy atom. The molecule has 1 atom stereocenters. The molecule has 288 valence electrons. The van der Waals surface area contributed by atoms with Crippen LogP contribution in [0.1, 0.15) is 25.0 Å². The number of amidine groups is 1. The van der Waals surface area contributed by atoms with Crippen molar-refractivity contribution < 1.29 is 19.2 Å². The third-order valence-corrected chi connectivity index (χ3v) is 8.44. The molecule has 1 fully saturated rings. The number of aryl methyl sites for hydroxylation is 1. The van der Waals surface area contributed by atoms with E-state index in [-0.39, 0.29) is 49.1 Å². The fraction of sp³-hybridized carbons (Fsp3) is 0.395. The number of benzene rings is 2. The van der Waals surface area contributed by atoms with Crippen LogP contribution in [0.25, 0.3) is 0 Å². The Morgan fingerprint density at radius 3 is 1.91 bits per heavy atom. The van der Waals surface area contributed by atoms with E-state index in [0.717, 1.165) is 16.8 Å². The number of nitrogens with zero attached hydrogens (tertiary/aromatic N) is 3. The summed E-state index contributed by atoms with van der Waals surface area (Å²) in [6.07, 6.45) is 6.79. The van der Waals surface area contributed by atoms with Crippen molar-refractivity contribution in [1.82, 2.24) is 29.5 Å². The molecule has 8 N–H and O–H groups in total. The van der Waals surface area contributed by atoms with Crippen molar-refractivity contribution in [2.75, 3.05) is 77.1 Å². The minimum atomic E-state index is -0.632. The quantitative estimate of drug-likeness (QED) is 0.0488. The SMILES string of the molecule is C=C/C(=C\C=C\CNC(=O)CNC(=O)C(Cc1ccc(NC(=O)CN2CCN(CC(=O)Nc3ccc(C)cc3)CC2)cc1)NSN(C)C)C(=N)N.CC. The van der Waals surface area contributed by atoms with Crippen LogP contribution in [0.2, 0.25) is 0 Å². The van der Waals surface area contributed by atoms with Gasteiger partial charge in [-0.25, -0.2) is 9.03 Å². The van der Waals surface area contributed by atoms with Crippen LogP contribution in [0.4, 0.5) is 11.4 Å². The fourth-order valence-corrected chi connectivity index (χ4v) is 5.43. The van der Waals surface area contributed by atoms with Gasteiger partial charge in [0, 0.05) is 61.8 Å². The average molecular weight is 749 g/mol. The Bertz CT molecular complexity index is 1550. The van der Waals surface area contributed by atoms with E-state index in [1.54, 1.807) is 30.4 Å². The van der Waals surface area contributed by atoms with Crippen molar-refractivity contribution in [3.05, 3.63) is 96.1 Å². The Kier molecular flexibility index (Phi) is 20.5. The maximum Gasteiger partial charge on any atom is 0.239 e. The van der Waals surface area contributed by atoms with E-state index in [2.05, 4.69) is 42.4 Å². The van der Waals surface area contributed by atoms with Crippen LogP contribution in [0.3, 0.4) is 0 Å². The summed E-state index contributed by atoms with van der Waals surface area (Å²) in [6.45, 7) is 12.9. The number of amides is 4. The second-order valence-electron chi connectivity index (χ2n) is 12.2. The summed E-state index contributed by atoms with van der Waals surface area (Å²) in [5.74, 6) is -0.970. The van der Waals surface area contributed by atoms with Gasteiger partial charge in [0.15, 0.2) is 0 Å². The van der Waals surface area contributed by atoms with Gasteiger partial charge >= 0.3 is 0 Å². The highest BCUT2D eigenvalue weighted by Crippen LogP contribution is 2.14. The summed E-state index contributed by atoms with van der Waals surface area (Å²) in [5, 5.41) is 18.7. The van der Waals surface area contributed by atoms with Crippen molar-refractivity contribution in [3.8, 4) is 0 Å². The first-order chi connectivity index (χ1) is 25.4. The van der Waals surface area contributed by atoms with Gasteiger partial charge in [-0.1, -0.05) is 74.6 Å². The fourth-order valence-electron chi connectivity index (χ4n) is 4.90. The number of carbonyl (C=O) groups excluding carboxylic acids is 4. The maximum atomic E-state index is 13.0. The maximum absolute atomic E-state index is 13.0. The molecule has 2 aromatic carbocycles. The van der Waals surface area contributed by atoms with Crippen molar-refractivity contribution in [2.45, 2.75) is 33.2 Å². The van der Waals surface area contributed by atoms with Crippen molar-refractivity contribution in [2.24, 2.45) is 5.73 Å². The third-order valence-electron chi connectivity index (χ3n) is 7.69. The predicted octanol–water partition coefficient (Wildman–Crippen LogP) is 2.68. The van der Waals surface area contributed by atoms with Crippen molar-refractivity contribution in [1.29, 1.82) is 5.41 Å². The zero-order valence-electron chi connectivity index (χ0n) is 31.5. The molecule has 4 amide bonds. The molecule has 0 radical (unpaired) electrons. The molecule has 15 heteroatoms. The smallest absolute Gasteiger partial charge is 0.239 e. The molecule has 14 nitrogen and oxygen atoms in total. The van der Waals surface area contributed by atoms with Crippen molar-refractivity contribution in [3.63, 3.8) is 0 Å². The third kappa shape index (κ3) is 18.0. The zero-order chi connectivity index (χ0) is 39.2. The van der Waals surface area contributed by atoms with E-state index in [4.69, 9.17) is 11.1 Å². The molecular formula is C38H56N10O4S. The highest BCUT2D eigenvalue weighted by Gasteiger charge is 2.22. The lowest BCUT2D eigenvalue weighted by atomic mass is 10.1. The lowest BCUT2D eigenvalue weighted by molar-refractivity contribution is -0.126. The van der Waals surface area contributed by atoms with Crippen LogP contribution in [-0.2, 0) is 25.6 Å². The van der Waals surface area contributed by atoms with E-state index >= 15 is 0 Å². The lowest BCUT2D eigenvalue weighted by Gasteiger charge is -2.33. The minimum absolute atomic E-state index is 0.0557. The molecule has 2 aromatic rings. The van der Waals surface area contributed by atoms with Gasteiger partial charge in [-0.3, -0.25) is 34.4 Å². The first-order valence-electron chi connectivity index (χ1n) is 17.6. The normalized spacial score (nSPS) is 14.1. The molecule has 1 heterocycles. The molecule has 1 unspecified atom stereocenters. The monoisotopic (exact) mass is 748 g/mol. The molecule has 0 bridgehead atoms. The van der Waals surface area contributed by atoms with Gasteiger partial charge in [-0.15, -0.1) is 0 Å². The highest BCUT2D eigenvalue weighted by molar-refractivity contribution is 7.95. The first kappa shape index (κ1) is 44.4. The summed E-state index contributed by atoms with van der Waals surface area (Å²) in [4.78, 5) is 54.7. The van der Waals surface area contributed by atoms with Gasteiger partial charge in [-0.05, 0) is 57.3 Å². The number of anilines is 2. The number of hydrogen-bond donors (Lipinski definition) is 7. The summed E-state index contributed by atoms with van der Waals surface area (Å²) in [5.41, 5.74) is 9.34. The minimum Gasteiger partial charge on any atom is -0.384 e. The van der Waals surface area contributed by atoms with Crippen LogP contribution in [0.15, 0.2) is 85.0 Å². The second-order valence-corrected chi connectivity index (χ2v) is 13.3. The standard InChI is InChI=1S/C36H50N10O4S.C2H6/c1-5-28(35(37)38)8-6-7-17-39-32(47)23-40-36(50)31(43-51-44(3)4)22-27-11-15-30(16-12-27)42-34(49)25-46-20-18-45(19-21-46)24-33(48)41-29-13-9-26(2)10-14-29;1-2/h5-16,31,43H,1,17-25H2,2-4H3,(H3,37,38)(H,39,47)(H,40,50)(H,41,48)(H,42,49);1-2H3/b7-6+,28-8+;. The van der Waals surface area contributed by atoms with Crippen LogP contribution in [0.5, 0.6) is 0 Å². The summed E-state index contributed by atoms with van der Waals surface area (Å²) in [6, 6.07) is 14.4. The Morgan fingerprint density at radius 1 is 0.887 bits per heavy atom. The van der Waals surface area contributed by atoms with Gasteiger partial charge in [0.2, 0.25) is 23.6 Å². The molecule has 0 spiro atoms. The van der Waals surface area contributed by atoms with E-state index in [1.807, 2.05) is 75.6 Å². The van der Waals surface area contributed by atoms with E-state index in [0.29, 0.717) is 50.4 Å². The van der Waals surface area contributed by atoms with Crippen LogP contribution in [-0.4, -0.2) is 116 Å². The van der Waals surface area contributed by atoms with Crippen LogP contribution in [0, 0.1) is 12.3 Å². The van der Waals surface area contributed by atoms with Gasteiger partial charge in [0.25, 0.3) is 0 Å². The highest BCUT2D eigenvalue weighted by atomic mass is 32.2. The predicted molar refractivity (Wildman–Crippen MR) is 216 cm³/mol. The topological polar surface area (TPSA) is 188 Å². The molecule has 53 heavy (non-hydrogen) atoms. The average Bonchev–Trinajstić information content (AvgIpc) is 3.13. The molecule has 1 aliphatic heterocycles. The molecule has 0 aromatic heterocycles. The molecule has 1 aliphatic rings. The number of nitrogens with two attached hydrogens (primary N) is 1. The number of piperazine rings is 1. The second kappa shape index (κ2) is 24.4. The van der Waals surface area contributed by atoms with Gasteiger partial charge in [0.1, 0.15) is 11.9 Å². The van der Waals surface area contributed by atoms with Gasteiger partial charge < -0.3 is 27.0 Å². The summed E-state index contributed by atoms with van der Waals surface area (Å²) < 4.78 is 4.96. The molecule has 1 saturated heterocycles. The Balaban J connectivity index is 0.00000477. The first-order valence-corrected chi connectivity index (χ1v) is 18.4. The Hall–Kier alpha value is -4.80. The van der Waals surface area contributed by atoms with Gasteiger partial charge in [-0.2, -0.15) is 0 Å². The summed E-state index contributed by atoms with van der Waals surface area (Å²) in [7, 11) is 3.70. The molecule has 0 aliphatic carbocycles. The number of allylic oxidation sites excluding steroid dienone is 2. The largest absolute Gasteiger partial charge is 0.384 e. The number of carbonyl (C=O) groups is 4. The van der Waals surface area contributed by atoms with Gasteiger partial charge in [0.05, 0.1) is 19.6 Å². The Labute approximate surface area is 318 Å². The van der Waals surface area contributed by atoms with Crippen molar-refractivity contribution >= 4 is 53.0 Å².